The van der Waals surface area contributed by atoms with Gasteiger partial charge in [0.05, 0.1) is 6.42 Å². The number of carbonyl (C=O) groups is 2. The molecule has 16 heavy (non-hydrogen) atoms. The highest BCUT2D eigenvalue weighted by Gasteiger charge is 2.27. The Balaban J connectivity index is 2.03. The van der Waals surface area contributed by atoms with Crippen LogP contribution in [0.5, 0.6) is 0 Å². The van der Waals surface area contributed by atoms with Gasteiger partial charge in [0.1, 0.15) is 6.04 Å². The smallest absolute Gasteiger partial charge is 0.243 e. The van der Waals surface area contributed by atoms with Crippen LogP contribution >= 0.6 is 0 Å². The highest BCUT2D eigenvalue weighted by molar-refractivity contribution is 5.99. The van der Waals surface area contributed by atoms with Gasteiger partial charge in [-0.3, -0.25) is 15.0 Å². The van der Waals surface area contributed by atoms with Gasteiger partial charge in [-0.05, 0) is 18.6 Å². The van der Waals surface area contributed by atoms with Gasteiger partial charge in [-0.15, -0.1) is 0 Å². The molecular formula is C11H13N3O2. The van der Waals surface area contributed by atoms with Crippen LogP contribution in [0, 0.1) is 6.92 Å². The molecule has 3 N–H and O–H groups in total. The summed E-state index contributed by atoms with van der Waals surface area (Å²) < 4.78 is 0. The van der Waals surface area contributed by atoms with E-state index < -0.39 is 6.04 Å². The fraction of sp³-hybridized carbons (Fsp3) is 0.273. The summed E-state index contributed by atoms with van der Waals surface area (Å²) in [6, 6.07) is 7.02. The number of hydrogen-bond donors (Lipinski definition) is 3. The molecule has 1 aliphatic rings. The van der Waals surface area contributed by atoms with Gasteiger partial charge < -0.3 is 5.32 Å². The number of para-hydroxylation sites is 1. The van der Waals surface area contributed by atoms with Crippen LogP contribution in [0.25, 0.3) is 0 Å². The summed E-state index contributed by atoms with van der Waals surface area (Å²) in [4.78, 5) is 22.7. The van der Waals surface area contributed by atoms with Gasteiger partial charge in [-0.2, -0.15) is 0 Å². The molecule has 1 atom stereocenters. The minimum atomic E-state index is -0.493. The second kappa shape index (κ2) is 4.32. The van der Waals surface area contributed by atoms with Crippen LogP contribution in [0.4, 0.5) is 5.69 Å². The molecule has 2 amide bonds. The summed E-state index contributed by atoms with van der Waals surface area (Å²) in [5.74, 6) is -0.363. The maximum atomic E-state index is 11.7. The van der Waals surface area contributed by atoms with Crippen molar-refractivity contribution >= 4 is 17.5 Å². The number of hydrogen-bond acceptors (Lipinski definition) is 3. The first kappa shape index (κ1) is 10.6. The Kier molecular flexibility index (Phi) is 2.87. The van der Waals surface area contributed by atoms with Crippen molar-refractivity contribution in [3.05, 3.63) is 29.8 Å². The molecule has 1 heterocycles. The molecule has 2 rings (SSSR count). The van der Waals surface area contributed by atoms with Crippen molar-refractivity contribution in [2.75, 3.05) is 5.32 Å². The third kappa shape index (κ3) is 2.20. The van der Waals surface area contributed by atoms with Gasteiger partial charge in [-0.25, -0.2) is 5.43 Å². The molecular weight excluding hydrogens is 206 g/mol. The van der Waals surface area contributed by atoms with Gasteiger partial charge in [0.15, 0.2) is 0 Å². The average molecular weight is 219 g/mol. The normalized spacial score (nSPS) is 19.3. The Morgan fingerprint density at radius 1 is 1.44 bits per heavy atom. The topological polar surface area (TPSA) is 70.2 Å². The van der Waals surface area contributed by atoms with E-state index in [4.69, 9.17) is 0 Å². The number of amides is 2. The number of rotatable bonds is 2. The Labute approximate surface area is 93.2 Å². The molecule has 0 spiro atoms. The van der Waals surface area contributed by atoms with Crippen molar-refractivity contribution in [2.45, 2.75) is 19.4 Å². The molecule has 0 radical (unpaired) electrons. The zero-order valence-electron chi connectivity index (χ0n) is 8.91. The Hall–Kier alpha value is -1.88. The largest absolute Gasteiger partial charge is 0.324 e. The van der Waals surface area contributed by atoms with Crippen molar-refractivity contribution in [3.8, 4) is 0 Å². The minimum absolute atomic E-state index is 0.162. The lowest BCUT2D eigenvalue weighted by molar-refractivity contribution is -0.121. The number of nitrogens with one attached hydrogen (secondary N) is 3. The first-order valence-electron chi connectivity index (χ1n) is 5.07. The summed E-state index contributed by atoms with van der Waals surface area (Å²) in [5, 5.41) is 2.78. The van der Waals surface area contributed by atoms with Crippen LogP contribution in [0.1, 0.15) is 12.0 Å². The molecule has 1 unspecified atom stereocenters. The number of hydrazine groups is 1. The molecule has 1 saturated heterocycles. The Bertz CT molecular complexity index is 431. The molecule has 0 aromatic heterocycles. The lowest BCUT2D eigenvalue weighted by atomic mass is 10.1. The van der Waals surface area contributed by atoms with Gasteiger partial charge in [0, 0.05) is 5.69 Å². The van der Waals surface area contributed by atoms with E-state index in [1.54, 1.807) is 0 Å². The molecule has 84 valence electrons. The SMILES string of the molecule is Cc1ccccc1NC(=O)C1CC(=O)NN1. The van der Waals surface area contributed by atoms with Gasteiger partial charge in [0.2, 0.25) is 11.8 Å². The van der Waals surface area contributed by atoms with E-state index in [1.165, 1.54) is 0 Å². The monoisotopic (exact) mass is 219 g/mol. The van der Waals surface area contributed by atoms with Crippen LogP contribution in [-0.2, 0) is 9.59 Å². The molecule has 1 aliphatic heterocycles. The predicted molar refractivity (Wildman–Crippen MR) is 59.5 cm³/mol. The summed E-state index contributed by atoms with van der Waals surface area (Å²) in [7, 11) is 0. The molecule has 0 saturated carbocycles. The second-order valence-corrected chi connectivity index (χ2v) is 3.75. The molecule has 5 nitrogen and oxygen atoms in total. The molecule has 0 aliphatic carbocycles. The fourth-order valence-corrected chi connectivity index (χ4v) is 1.55. The number of anilines is 1. The third-order valence-corrected chi connectivity index (χ3v) is 2.49. The Morgan fingerprint density at radius 2 is 2.19 bits per heavy atom. The van der Waals surface area contributed by atoms with E-state index in [9.17, 15) is 9.59 Å². The summed E-state index contributed by atoms with van der Waals surface area (Å²) in [6.45, 7) is 1.92. The quantitative estimate of drug-likeness (QED) is 0.671. The van der Waals surface area contributed by atoms with Crippen molar-refractivity contribution in [1.82, 2.24) is 10.9 Å². The number of aryl methyl sites for hydroxylation is 1. The highest BCUT2D eigenvalue weighted by Crippen LogP contribution is 2.14. The Morgan fingerprint density at radius 3 is 2.81 bits per heavy atom. The molecule has 1 fully saturated rings. The first-order valence-corrected chi connectivity index (χ1v) is 5.07. The van der Waals surface area contributed by atoms with E-state index in [2.05, 4.69) is 16.2 Å². The van der Waals surface area contributed by atoms with E-state index >= 15 is 0 Å². The van der Waals surface area contributed by atoms with Gasteiger partial charge in [0.25, 0.3) is 0 Å². The number of carbonyl (C=O) groups excluding carboxylic acids is 2. The van der Waals surface area contributed by atoms with E-state index in [-0.39, 0.29) is 18.2 Å². The van der Waals surface area contributed by atoms with Crippen molar-refractivity contribution in [2.24, 2.45) is 0 Å². The summed E-state index contributed by atoms with van der Waals surface area (Å²) in [6.07, 6.45) is 0.178. The van der Waals surface area contributed by atoms with E-state index in [0.717, 1.165) is 11.3 Å². The predicted octanol–water partition coefficient (Wildman–Crippen LogP) is 0.327. The maximum Gasteiger partial charge on any atom is 0.243 e. The summed E-state index contributed by atoms with van der Waals surface area (Å²) >= 11 is 0. The molecule has 0 bridgehead atoms. The van der Waals surface area contributed by atoms with Crippen LogP contribution in [0.15, 0.2) is 24.3 Å². The zero-order valence-corrected chi connectivity index (χ0v) is 8.91. The fourth-order valence-electron chi connectivity index (χ4n) is 1.55. The van der Waals surface area contributed by atoms with Crippen LogP contribution in [0.2, 0.25) is 0 Å². The second-order valence-electron chi connectivity index (χ2n) is 3.75. The zero-order chi connectivity index (χ0) is 11.5. The van der Waals surface area contributed by atoms with Gasteiger partial charge in [-0.1, -0.05) is 18.2 Å². The highest BCUT2D eigenvalue weighted by atomic mass is 16.2. The average Bonchev–Trinajstić information content (AvgIpc) is 2.68. The lowest BCUT2D eigenvalue weighted by Crippen LogP contribution is -2.39. The third-order valence-electron chi connectivity index (χ3n) is 2.49. The van der Waals surface area contributed by atoms with Crippen LogP contribution in [-0.4, -0.2) is 17.9 Å². The lowest BCUT2D eigenvalue weighted by Gasteiger charge is -2.11. The van der Waals surface area contributed by atoms with Crippen molar-refractivity contribution in [1.29, 1.82) is 0 Å². The van der Waals surface area contributed by atoms with Crippen molar-refractivity contribution < 1.29 is 9.59 Å². The molecule has 5 heteroatoms. The standard InChI is InChI=1S/C11H13N3O2/c1-7-4-2-3-5-8(7)12-11(16)9-6-10(15)14-13-9/h2-5,9,13H,6H2,1H3,(H,12,16)(H,14,15). The number of benzene rings is 1. The van der Waals surface area contributed by atoms with Crippen LogP contribution in [0.3, 0.4) is 0 Å². The van der Waals surface area contributed by atoms with E-state index in [0.29, 0.717) is 0 Å². The van der Waals surface area contributed by atoms with Crippen molar-refractivity contribution in [3.63, 3.8) is 0 Å². The first-order chi connectivity index (χ1) is 7.66. The van der Waals surface area contributed by atoms with Crippen LogP contribution < -0.4 is 16.2 Å². The van der Waals surface area contributed by atoms with Gasteiger partial charge >= 0.3 is 0 Å². The molecule has 1 aromatic rings. The molecule has 1 aromatic carbocycles. The minimum Gasteiger partial charge on any atom is -0.324 e. The maximum absolute atomic E-state index is 11.7. The van der Waals surface area contributed by atoms with E-state index in [1.807, 2.05) is 31.2 Å². The summed E-state index contributed by atoms with van der Waals surface area (Å²) in [5.41, 5.74) is 6.80.